The van der Waals surface area contributed by atoms with Crippen LogP contribution in [-0.2, 0) is 11.2 Å². The zero-order chi connectivity index (χ0) is 13.9. The van der Waals surface area contributed by atoms with Crippen molar-refractivity contribution in [2.75, 3.05) is 13.2 Å². The van der Waals surface area contributed by atoms with Crippen molar-refractivity contribution in [1.29, 1.82) is 0 Å². The van der Waals surface area contributed by atoms with Gasteiger partial charge in [-0.15, -0.1) is 0 Å². The molecule has 0 fully saturated rings. The minimum absolute atomic E-state index is 0.00648. The van der Waals surface area contributed by atoms with Gasteiger partial charge in [0.15, 0.2) is 0 Å². The molecule has 0 saturated carbocycles. The molecule has 0 aromatic heterocycles. The number of nitrogens with one attached hydrogen (secondary N) is 1. The molecular weight excluding hydrogens is 240 g/mol. The summed E-state index contributed by atoms with van der Waals surface area (Å²) in [4.78, 5) is 11.7. The SMILES string of the molecule is NCCCCCC(=O)N[C@H](CO)Cc1ccccc1. The van der Waals surface area contributed by atoms with Crippen molar-refractivity contribution in [3.63, 3.8) is 0 Å². The first-order valence-electron chi connectivity index (χ1n) is 6.90. The molecule has 1 atom stereocenters. The van der Waals surface area contributed by atoms with Crippen LogP contribution in [0.2, 0.25) is 0 Å². The Morgan fingerprint density at radius 1 is 1.21 bits per heavy atom. The van der Waals surface area contributed by atoms with Crippen LogP contribution in [-0.4, -0.2) is 30.2 Å². The summed E-state index contributed by atoms with van der Waals surface area (Å²) in [6.07, 6.45) is 3.96. The topological polar surface area (TPSA) is 75.4 Å². The molecule has 4 heteroatoms. The predicted octanol–water partition coefficient (Wildman–Crippen LogP) is 1.23. The summed E-state index contributed by atoms with van der Waals surface area (Å²) >= 11 is 0. The molecule has 4 N–H and O–H groups in total. The Balaban J connectivity index is 2.29. The Kier molecular flexibility index (Phi) is 7.86. The third-order valence-corrected chi connectivity index (χ3v) is 3.02. The molecule has 0 aliphatic heterocycles. The number of aliphatic hydroxyl groups excluding tert-OH is 1. The van der Waals surface area contributed by atoms with Crippen molar-refractivity contribution in [2.45, 2.75) is 38.1 Å². The van der Waals surface area contributed by atoms with Gasteiger partial charge in [0.1, 0.15) is 0 Å². The average Bonchev–Trinajstić information content (AvgIpc) is 2.44. The first-order chi connectivity index (χ1) is 9.26. The van der Waals surface area contributed by atoms with Crippen LogP contribution in [0.15, 0.2) is 30.3 Å². The van der Waals surface area contributed by atoms with E-state index in [0.29, 0.717) is 19.4 Å². The maximum absolute atomic E-state index is 11.7. The van der Waals surface area contributed by atoms with E-state index in [9.17, 15) is 9.90 Å². The van der Waals surface area contributed by atoms with Crippen LogP contribution >= 0.6 is 0 Å². The predicted molar refractivity (Wildman–Crippen MR) is 76.7 cm³/mol. The number of benzene rings is 1. The Bertz CT molecular complexity index is 354. The summed E-state index contributed by atoms with van der Waals surface area (Å²) in [5.41, 5.74) is 6.52. The molecule has 1 aromatic carbocycles. The maximum Gasteiger partial charge on any atom is 0.220 e. The molecule has 19 heavy (non-hydrogen) atoms. The maximum atomic E-state index is 11.7. The zero-order valence-corrected chi connectivity index (χ0v) is 11.3. The summed E-state index contributed by atoms with van der Waals surface area (Å²) in [6.45, 7) is 0.637. The largest absolute Gasteiger partial charge is 0.394 e. The second-order valence-corrected chi connectivity index (χ2v) is 4.74. The monoisotopic (exact) mass is 264 g/mol. The third-order valence-electron chi connectivity index (χ3n) is 3.02. The summed E-state index contributed by atoms with van der Waals surface area (Å²) in [7, 11) is 0. The van der Waals surface area contributed by atoms with E-state index in [1.807, 2.05) is 30.3 Å². The van der Waals surface area contributed by atoms with Gasteiger partial charge in [-0.05, 0) is 31.4 Å². The highest BCUT2D eigenvalue weighted by Crippen LogP contribution is 2.04. The van der Waals surface area contributed by atoms with E-state index >= 15 is 0 Å². The molecule has 1 rings (SSSR count). The Labute approximate surface area is 115 Å². The van der Waals surface area contributed by atoms with Crippen LogP contribution in [0, 0.1) is 0 Å². The highest BCUT2D eigenvalue weighted by atomic mass is 16.3. The number of aliphatic hydroxyl groups is 1. The lowest BCUT2D eigenvalue weighted by atomic mass is 10.1. The minimum Gasteiger partial charge on any atom is -0.394 e. The van der Waals surface area contributed by atoms with E-state index in [1.54, 1.807) is 0 Å². The molecule has 0 aliphatic rings. The van der Waals surface area contributed by atoms with E-state index in [0.717, 1.165) is 24.8 Å². The van der Waals surface area contributed by atoms with Crippen LogP contribution in [0.5, 0.6) is 0 Å². The summed E-state index contributed by atoms with van der Waals surface area (Å²) in [5, 5.41) is 12.2. The molecule has 0 spiro atoms. The number of hydrogen-bond acceptors (Lipinski definition) is 3. The van der Waals surface area contributed by atoms with Crippen LogP contribution in [0.1, 0.15) is 31.2 Å². The van der Waals surface area contributed by atoms with Gasteiger partial charge in [-0.3, -0.25) is 4.79 Å². The fourth-order valence-electron chi connectivity index (χ4n) is 1.97. The quantitative estimate of drug-likeness (QED) is 0.587. The van der Waals surface area contributed by atoms with E-state index in [2.05, 4.69) is 5.32 Å². The van der Waals surface area contributed by atoms with Crippen molar-refractivity contribution in [3.05, 3.63) is 35.9 Å². The minimum atomic E-state index is -0.204. The van der Waals surface area contributed by atoms with Crippen LogP contribution < -0.4 is 11.1 Å². The van der Waals surface area contributed by atoms with Gasteiger partial charge in [-0.25, -0.2) is 0 Å². The molecule has 106 valence electrons. The molecule has 0 aliphatic carbocycles. The number of amides is 1. The second kappa shape index (κ2) is 9.53. The fraction of sp³-hybridized carbons (Fsp3) is 0.533. The van der Waals surface area contributed by atoms with Gasteiger partial charge < -0.3 is 16.2 Å². The Morgan fingerprint density at radius 2 is 1.95 bits per heavy atom. The number of rotatable bonds is 9. The molecule has 4 nitrogen and oxygen atoms in total. The molecule has 1 amide bonds. The molecule has 0 heterocycles. The van der Waals surface area contributed by atoms with E-state index in [-0.39, 0.29) is 18.6 Å². The fourth-order valence-corrected chi connectivity index (χ4v) is 1.97. The number of nitrogens with two attached hydrogens (primary N) is 1. The molecular formula is C15H24N2O2. The Hall–Kier alpha value is -1.39. The van der Waals surface area contributed by atoms with Gasteiger partial charge in [0.25, 0.3) is 0 Å². The van der Waals surface area contributed by atoms with Crippen molar-refractivity contribution < 1.29 is 9.90 Å². The smallest absolute Gasteiger partial charge is 0.220 e. The molecule has 0 saturated heterocycles. The van der Waals surface area contributed by atoms with Gasteiger partial charge in [-0.1, -0.05) is 36.8 Å². The van der Waals surface area contributed by atoms with Crippen molar-refractivity contribution in [2.24, 2.45) is 5.73 Å². The van der Waals surface area contributed by atoms with Crippen LogP contribution in [0.25, 0.3) is 0 Å². The van der Waals surface area contributed by atoms with Crippen molar-refractivity contribution in [1.82, 2.24) is 5.32 Å². The standard InChI is InChI=1S/C15H24N2O2/c16-10-6-2-5-9-15(19)17-14(12-18)11-13-7-3-1-4-8-13/h1,3-4,7-8,14,18H,2,5-6,9-12,16H2,(H,17,19)/t14-/m0/s1. The molecule has 0 unspecified atom stereocenters. The van der Waals surface area contributed by atoms with E-state index < -0.39 is 0 Å². The lowest BCUT2D eigenvalue weighted by molar-refractivity contribution is -0.122. The summed E-state index contributed by atoms with van der Waals surface area (Å²) < 4.78 is 0. The van der Waals surface area contributed by atoms with E-state index in [4.69, 9.17) is 5.73 Å². The lowest BCUT2D eigenvalue weighted by Gasteiger charge is -2.16. The van der Waals surface area contributed by atoms with Gasteiger partial charge in [0, 0.05) is 6.42 Å². The van der Waals surface area contributed by atoms with Gasteiger partial charge >= 0.3 is 0 Å². The molecule has 0 radical (unpaired) electrons. The average molecular weight is 264 g/mol. The van der Waals surface area contributed by atoms with E-state index in [1.165, 1.54) is 0 Å². The zero-order valence-electron chi connectivity index (χ0n) is 11.3. The Morgan fingerprint density at radius 3 is 2.58 bits per heavy atom. The highest BCUT2D eigenvalue weighted by Gasteiger charge is 2.11. The van der Waals surface area contributed by atoms with Crippen molar-refractivity contribution in [3.8, 4) is 0 Å². The van der Waals surface area contributed by atoms with Crippen LogP contribution in [0.3, 0.4) is 0 Å². The number of unbranched alkanes of at least 4 members (excludes halogenated alkanes) is 2. The first-order valence-corrected chi connectivity index (χ1v) is 6.90. The second-order valence-electron chi connectivity index (χ2n) is 4.74. The molecule has 1 aromatic rings. The third kappa shape index (κ3) is 6.94. The van der Waals surface area contributed by atoms with Crippen molar-refractivity contribution >= 4 is 5.91 Å². The van der Waals surface area contributed by atoms with Gasteiger partial charge in [0.2, 0.25) is 5.91 Å². The number of hydrogen-bond donors (Lipinski definition) is 3. The summed E-state index contributed by atoms with van der Waals surface area (Å²) in [6, 6.07) is 9.65. The number of carbonyl (C=O) groups is 1. The normalized spacial score (nSPS) is 12.1. The first kappa shape index (κ1) is 15.7. The number of carbonyl (C=O) groups excluding carboxylic acids is 1. The molecule has 0 bridgehead atoms. The lowest BCUT2D eigenvalue weighted by Crippen LogP contribution is -2.38. The highest BCUT2D eigenvalue weighted by molar-refractivity contribution is 5.76. The van der Waals surface area contributed by atoms with Gasteiger partial charge in [-0.2, -0.15) is 0 Å². The van der Waals surface area contributed by atoms with Crippen LogP contribution in [0.4, 0.5) is 0 Å². The van der Waals surface area contributed by atoms with Gasteiger partial charge in [0.05, 0.1) is 12.6 Å². The summed E-state index contributed by atoms with van der Waals surface area (Å²) in [5.74, 6) is 0.00648.